The highest BCUT2D eigenvalue weighted by molar-refractivity contribution is 6.29. The molecule has 0 aliphatic rings. The fourth-order valence-electron chi connectivity index (χ4n) is 1.87. The fourth-order valence-corrected chi connectivity index (χ4v) is 2.03. The minimum atomic E-state index is -1.05. The number of anilines is 1. The minimum absolute atomic E-state index is 0.120. The number of ether oxygens (including phenoxy) is 1. The van der Waals surface area contributed by atoms with Gasteiger partial charge in [0.15, 0.2) is 0 Å². The van der Waals surface area contributed by atoms with Crippen molar-refractivity contribution in [2.75, 3.05) is 26.1 Å². The van der Waals surface area contributed by atoms with Crippen LogP contribution in [0.25, 0.3) is 11.1 Å². The highest BCUT2D eigenvalue weighted by Crippen LogP contribution is 2.34. The number of pyridine rings is 2. The van der Waals surface area contributed by atoms with Gasteiger partial charge in [-0.05, 0) is 12.1 Å². The van der Waals surface area contributed by atoms with Crippen LogP contribution in [0.3, 0.4) is 0 Å². The van der Waals surface area contributed by atoms with Crippen molar-refractivity contribution in [1.82, 2.24) is 9.97 Å². The Morgan fingerprint density at radius 3 is 2.52 bits per heavy atom. The van der Waals surface area contributed by atoms with E-state index in [4.69, 9.17) is 16.3 Å². The Hall–Kier alpha value is -2.34. The number of carbonyl (C=O) groups is 1. The van der Waals surface area contributed by atoms with E-state index < -0.39 is 5.97 Å². The van der Waals surface area contributed by atoms with E-state index in [1.807, 2.05) is 0 Å². The van der Waals surface area contributed by atoms with Crippen LogP contribution >= 0.6 is 11.6 Å². The topological polar surface area (TPSA) is 75.6 Å². The lowest BCUT2D eigenvalue weighted by Gasteiger charge is -2.15. The minimum Gasteiger partial charge on any atom is -0.494 e. The molecule has 2 heterocycles. The van der Waals surface area contributed by atoms with Crippen LogP contribution < -0.4 is 9.64 Å². The summed E-state index contributed by atoms with van der Waals surface area (Å²) < 4.78 is 5.21. The third kappa shape index (κ3) is 3.05. The molecule has 0 fully saturated rings. The molecule has 2 aromatic rings. The number of aromatic nitrogens is 2. The zero-order chi connectivity index (χ0) is 15.6. The molecular formula is C14H14ClN3O3. The molecule has 0 aliphatic heterocycles. The largest absolute Gasteiger partial charge is 0.494 e. The zero-order valence-electron chi connectivity index (χ0n) is 11.8. The van der Waals surface area contributed by atoms with Crippen molar-refractivity contribution in [3.63, 3.8) is 0 Å². The van der Waals surface area contributed by atoms with Crippen molar-refractivity contribution in [3.8, 4) is 16.9 Å². The predicted molar refractivity (Wildman–Crippen MR) is 80.3 cm³/mol. The summed E-state index contributed by atoms with van der Waals surface area (Å²) in [5.74, 6) is -0.0675. The van der Waals surface area contributed by atoms with E-state index in [0.717, 1.165) is 0 Å². The van der Waals surface area contributed by atoms with Crippen molar-refractivity contribution >= 4 is 23.4 Å². The van der Waals surface area contributed by atoms with Gasteiger partial charge in [0, 0.05) is 31.4 Å². The van der Waals surface area contributed by atoms with Gasteiger partial charge in [-0.15, -0.1) is 0 Å². The summed E-state index contributed by atoms with van der Waals surface area (Å²) in [7, 11) is 5.06. The molecule has 2 rings (SSSR count). The first-order valence-electron chi connectivity index (χ1n) is 6.04. The normalized spacial score (nSPS) is 10.3. The maximum atomic E-state index is 11.5. The molecule has 0 atom stereocenters. The molecule has 0 saturated carbocycles. The third-order valence-electron chi connectivity index (χ3n) is 2.92. The Kier molecular flexibility index (Phi) is 4.28. The van der Waals surface area contributed by atoms with E-state index in [2.05, 4.69) is 9.97 Å². The van der Waals surface area contributed by atoms with Crippen molar-refractivity contribution in [1.29, 1.82) is 0 Å². The van der Waals surface area contributed by atoms with Gasteiger partial charge in [0.25, 0.3) is 0 Å². The molecule has 0 spiro atoms. The molecular weight excluding hydrogens is 294 g/mol. The lowest BCUT2D eigenvalue weighted by Crippen LogP contribution is -2.12. The smallest absolute Gasteiger partial charge is 0.336 e. The first-order valence-corrected chi connectivity index (χ1v) is 6.42. The summed E-state index contributed by atoms with van der Waals surface area (Å²) in [6.45, 7) is 0. The number of carboxylic acid groups (broad SMARTS) is 1. The number of aromatic carboxylic acids is 1. The number of hydrogen-bond acceptors (Lipinski definition) is 5. The summed E-state index contributed by atoms with van der Waals surface area (Å²) in [6, 6.07) is 3.06. The molecule has 0 radical (unpaired) electrons. The summed E-state index contributed by atoms with van der Waals surface area (Å²) in [6.07, 6.45) is 2.94. The predicted octanol–water partition coefficient (Wildman–Crippen LogP) is 2.57. The van der Waals surface area contributed by atoms with Gasteiger partial charge in [0.1, 0.15) is 16.7 Å². The second-order valence-corrected chi connectivity index (χ2v) is 4.88. The highest BCUT2D eigenvalue weighted by Gasteiger charge is 2.18. The Bertz CT molecular complexity index is 689. The number of rotatable bonds is 4. The zero-order valence-corrected chi connectivity index (χ0v) is 12.5. The number of hydrogen-bond donors (Lipinski definition) is 1. The molecule has 0 amide bonds. The number of carboxylic acids is 1. The van der Waals surface area contributed by atoms with Gasteiger partial charge < -0.3 is 14.7 Å². The molecule has 21 heavy (non-hydrogen) atoms. The molecule has 0 unspecified atom stereocenters. The van der Waals surface area contributed by atoms with E-state index in [0.29, 0.717) is 22.7 Å². The summed E-state index contributed by atoms with van der Waals surface area (Å²) in [5.41, 5.74) is 1.08. The number of halogens is 1. The van der Waals surface area contributed by atoms with Gasteiger partial charge in [-0.25, -0.2) is 14.8 Å². The molecule has 0 bridgehead atoms. The monoisotopic (exact) mass is 307 g/mol. The van der Waals surface area contributed by atoms with Gasteiger partial charge in [-0.3, -0.25) is 0 Å². The average molecular weight is 308 g/mol. The van der Waals surface area contributed by atoms with Crippen molar-refractivity contribution in [3.05, 3.63) is 35.2 Å². The van der Waals surface area contributed by atoms with Crippen LogP contribution in [0.1, 0.15) is 10.4 Å². The number of methoxy groups -OCH3 is 1. The Balaban J connectivity index is 2.69. The van der Waals surface area contributed by atoms with Crippen LogP contribution in [0.15, 0.2) is 24.5 Å². The number of nitrogens with zero attached hydrogens (tertiary/aromatic N) is 3. The van der Waals surface area contributed by atoms with Gasteiger partial charge >= 0.3 is 5.97 Å². The Morgan fingerprint density at radius 1 is 1.24 bits per heavy atom. The molecule has 0 aliphatic carbocycles. The van der Waals surface area contributed by atoms with Crippen molar-refractivity contribution < 1.29 is 14.6 Å². The summed E-state index contributed by atoms with van der Waals surface area (Å²) in [5, 5.41) is 9.68. The molecule has 2 aromatic heterocycles. The van der Waals surface area contributed by atoms with E-state index in [9.17, 15) is 9.90 Å². The van der Waals surface area contributed by atoms with E-state index in [1.165, 1.54) is 25.6 Å². The molecule has 7 heteroatoms. The van der Waals surface area contributed by atoms with E-state index in [1.54, 1.807) is 25.1 Å². The van der Waals surface area contributed by atoms with Gasteiger partial charge in [0.2, 0.25) is 0 Å². The molecule has 0 aromatic carbocycles. The van der Waals surface area contributed by atoms with Crippen LogP contribution in [0.2, 0.25) is 5.15 Å². The maximum absolute atomic E-state index is 11.5. The first kappa shape index (κ1) is 15.1. The standard InChI is InChI=1S/C14H14ClN3O3/c1-18(2)13-5-9(14(19)20)10(6-17-13)8-4-12(15)16-7-11(8)21-3/h4-7H,1-3H3,(H,19,20). The van der Waals surface area contributed by atoms with Crippen LogP contribution in [-0.2, 0) is 0 Å². The maximum Gasteiger partial charge on any atom is 0.336 e. The first-order chi connectivity index (χ1) is 9.93. The van der Waals surface area contributed by atoms with Crippen molar-refractivity contribution in [2.45, 2.75) is 0 Å². The lowest BCUT2D eigenvalue weighted by molar-refractivity contribution is 0.0697. The van der Waals surface area contributed by atoms with Gasteiger partial charge in [0.05, 0.1) is 18.9 Å². The fraction of sp³-hybridized carbons (Fsp3) is 0.214. The SMILES string of the molecule is COc1cnc(Cl)cc1-c1cnc(N(C)C)cc1C(=O)O. The van der Waals surface area contributed by atoms with E-state index >= 15 is 0 Å². The lowest BCUT2D eigenvalue weighted by atomic mass is 10.0. The molecule has 1 N–H and O–H groups in total. The second kappa shape index (κ2) is 5.97. The second-order valence-electron chi connectivity index (χ2n) is 4.49. The van der Waals surface area contributed by atoms with E-state index in [-0.39, 0.29) is 10.7 Å². The van der Waals surface area contributed by atoms with Crippen LogP contribution in [-0.4, -0.2) is 42.2 Å². The summed E-state index contributed by atoms with van der Waals surface area (Å²) >= 11 is 5.89. The van der Waals surface area contributed by atoms with Crippen LogP contribution in [0.4, 0.5) is 5.82 Å². The van der Waals surface area contributed by atoms with Gasteiger partial charge in [-0.2, -0.15) is 0 Å². The highest BCUT2D eigenvalue weighted by atomic mass is 35.5. The van der Waals surface area contributed by atoms with Gasteiger partial charge in [-0.1, -0.05) is 11.6 Å². The molecule has 110 valence electrons. The van der Waals surface area contributed by atoms with Crippen molar-refractivity contribution in [2.24, 2.45) is 0 Å². The quantitative estimate of drug-likeness (QED) is 0.875. The van der Waals surface area contributed by atoms with Crippen LogP contribution in [0.5, 0.6) is 5.75 Å². The third-order valence-corrected chi connectivity index (χ3v) is 3.13. The Labute approximate surface area is 127 Å². The Morgan fingerprint density at radius 2 is 1.95 bits per heavy atom. The summed E-state index contributed by atoms with van der Waals surface area (Å²) in [4.78, 5) is 21.4. The molecule has 0 saturated heterocycles. The molecule has 6 nitrogen and oxygen atoms in total. The van der Waals surface area contributed by atoms with Crippen LogP contribution in [0, 0.1) is 0 Å². The average Bonchev–Trinajstić information content (AvgIpc) is 2.46.